The zero-order valence-corrected chi connectivity index (χ0v) is 19.6. The summed E-state index contributed by atoms with van der Waals surface area (Å²) in [7, 11) is -1.87. The Morgan fingerprint density at radius 1 is 0.938 bits per heavy atom. The largest absolute Gasteiger partial charge is 0.497 e. The zero-order valence-electron chi connectivity index (χ0n) is 18.8. The lowest BCUT2D eigenvalue weighted by Crippen LogP contribution is -2.29. The van der Waals surface area contributed by atoms with Gasteiger partial charge in [0.05, 0.1) is 25.6 Å². The number of nitrogens with zero attached hydrogens (tertiary/aromatic N) is 1. The molecule has 0 aromatic heterocycles. The lowest BCUT2D eigenvalue weighted by Gasteiger charge is -2.23. The molecule has 0 unspecified atom stereocenters. The molecular weight excluding hydrogens is 424 g/mol. The van der Waals surface area contributed by atoms with Gasteiger partial charge in [-0.3, -0.25) is 9.10 Å². The van der Waals surface area contributed by atoms with Gasteiger partial charge in [-0.1, -0.05) is 30.3 Å². The Kier molecular flexibility index (Phi) is 7.20. The van der Waals surface area contributed by atoms with Gasteiger partial charge in [0.25, 0.3) is 5.91 Å². The van der Waals surface area contributed by atoms with Crippen LogP contribution >= 0.6 is 0 Å². The van der Waals surface area contributed by atoms with E-state index in [1.807, 2.05) is 56.3 Å². The maximum absolute atomic E-state index is 12.5. The molecule has 0 aliphatic heterocycles. The SMILES string of the molecule is COc1cccc(CNC(=O)c2ccc(CN(c3ccc(C)c(C)c3)S(C)(=O)=O)cc2)c1. The van der Waals surface area contributed by atoms with Crippen molar-refractivity contribution >= 4 is 21.6 Å². The van der Waals surface area contributed by atoms with Crippen LogP contribution in [-0.2, 0) is 23.1 Å². The van der Waals surface area contributed by atoms with E-state index in [0.29, 0.717) is 17.8 Å². The van der Waals surface area contributed by atoms with E-state index in [1.54, 1.807) is 31.4 Å². The van der Waals surface area contributed by atoms with Crippen molar-refractivity contribution in [3.8, 4) is 5.75 Å². The van der Waals surface area contributed by atoms with E-state index in [-0.39, 0.29) is 12.5 Å². The van der Waals surface area contributed by atoms with Crippen molar-refractivity contribution in [3.05, 3.63) is 94.5 Å². The summed E-state index contributed by atoms with van der Waals surface area (Å²) in [5.41, 5.74) is 4.99. The highest BCUT2D eigenvalue weighted by atomic mass is 32.2. The first kappa shape index (κ1) is 23.3. The predicted octanol–water partition coefficient (Wildman–Crippen LogP) is 4.21. The fourth-order valence-electron chi connectivity index (χ4n) is 3.27. The van der Waals surface area contributed by atoms with Crippen LogP contribution in [0.1, 0.15) is 32.6 Å². The van der Waals surface area contributed by atoms with Crippen LogP contribution in [0.15, 0.2) is 66.7 Å². The molecule has 3 rings (SSSR count). The Bertz CT molecular complexity index is 1200. The van der Waals surface area contributed by atoms with Gasteiger partial charge in [0.15, 0.2) is 0 Å². The number of carbonyl (C=O) groups is 1. The number of hydrogen-bond donors (Lipinski definition) is 1. The Morgan fingerprint density at radius 2 is 1.66 bits per heavy atom. The van der Waals surface area contributed by atoms with Crippen molar-refractivity contribution in [3.63, 3.8) is 0 Å². The standard InChI is InChI=1S/C25H28N2O4S/c1-18-8-13-23(14-19(18)2)27(32(4,29)30)17-20-9-11-22(12-10-20)25(28)26-16-21-6-5-7-24(15-21)31-3/h5-15H,16-17H2,1-4H3,(H,26,28). The second-order valence-corrected chi connectivity index (χ2v) is 9.68. The molecule has 168 valence electrons. The average Bonchev–Trinajstić information content (AvgIpc) is 2.77. The molecule has 7 heteroatoms. The van der Waals surface area contributed by atoms with Gasteiger partial charge >= 0.3 is 0 Å². The summed E-state index contributed by atoms with van der Waals surface area (Å²) in [6, 6.07) is 20.1. The van der Waals surface area contributed by atoms with E-state index in [4.69, 9.17) is 4.74 Å². The summed E-state index contributed by atoms with van der Waals surface area (Å²) in [5.74, 6) is 0.536. The molecule has 6 nitrogen and oxygen atoms in total. The number of amides is 1. The summed E-state index contributed by atoms with van der Waals surface area (Å²) < 4.78 is 31.4. The highest BCUT2D eigenvalue weighted by Crippen LogP contribution is 2.23. The van der Waals surface area contributed by atoms with Crippen LogP contribution < -0.4 is 14.4 Å². The van der Waals surface area contributed by atoms with Crippen LogP contribution in [0.2, 0.25) is 0 Å². The van der Waals surface area contributed by atoms with Crippen molar-refractivity contribution in [2.24, 2.45) is 0 Å². The van der Waals surface area contributed by atoms with Crippen LogP contribution in [0.5, 0.6) is 5.75 Å². The number of rotatable bonds is 8. The smallest absolute Gasteiger partial charge is 0.251 e. The first-order valence-corrected chi connectivity index (χ1v) is 12.1. The summed E-state index contributed by atoms with van der Waals surface area (Å²) >= 11 is 0. The summed E-state index contributed by atoms with van der Waals surface area (Å²) in [6.45, 7) is 4.51. The van der Waals surface area contributed by atoms with Gasteiger partial charge in [0.1, 0.15) is 5.75 Å². The molecule has 1 amide bonds. The highest BCUT2D eigenvalue weighted by molar-refractivity contribution is 7.92. The molecule has 3 aromatic rings. The fraction of sp³-hybridized carbons (Fsp3) is 0.240. The number of benzene rings is 3. The number of methoxy groups -OCH3 is 1. The lowest BCUT2D eigenvalue weighted by molar-refractivity contribution is 0.0951. The van der Waals surface area contributed by atoms with Gasteiger partial charge in [-0.25, -0.2) is 8.42 Å². The van der Waals surface area contributed by atoms with Crippen molar-refractivity contribution in [1.82, 2.24) is 5.32 Å². The topological polar surface area (TPSA) is 75.7 Å². The fourth-order valence-corrected chi connectivity index (χ4v) is 4.16. The molecule has 0 radical (unpaired) electrons. The predicted molar refractivity (Wildman–Crippen MR) is 128 cm³/mol. The quantitative estimate of drug-likeness (QED) is 0.556. The third-order valence-corrected chi connectivity index (χ3v) is 6.45. The number of nitrogens with one attached hydrogen (secondary N) is 1. The molecule has 0 aliphatic rings. The summed E-state index contributed by atoms with van der Waals surface area (Å²) in [4.78, 5) is 12.5. The zero-order chi connectivity index (χ0) is 23.3. The molecule has 0 spiro atoms. The molecule has 0 aliphatic carbocycles. The maximum Gasteiger partial charge on any atom is 0.251 e. The molecule has 0 fully saturated rings. The molecule has 0 heterocycles. The first-order chi connectivity index (χ1) is 15.2. The van der Waals surface area contributed by atoms with Crippen molar-refractivity contribution in [2.45, 2.75) is 26.9 Å². The minimum Gasteiger partial charge on any atom is -0.497 e. The second-order valence-electron chi connectivity index (χ2n) is 7.77. The number of sulfonamides is 1. The van der Waals surface area contributed by atoms with Gasteiger partial charge < -0.3 is 10.1 Å². The van der Waals surface area contributed by atoms with Crippen molar-refractivity contribution in [2.75, 3.05) is 17.7 Å². The molecule has 3 aromatic carbocycles. The third kappa shape index (κ3) is 5.88. The van der Waals surface area contributed by atoms with Crippen LogP contribution in [0.3, 0.4) is 0 Å². The Morgan fingerprint density at radius 3 is 2.28 bits per heavy atom. The minimum absolute atomic E-state index is 0.188. The van der Waals surface area contributed by atoms with E-state index in [9.17, 15) is 13.2 Å². The summed E-state index contributed by atoms with van der Waals surface area (Å²) in [5, 5.41) is 2.89. The molecule has 0 saturated carbocycles. The van der Waals surface area contributed by atoms with Gasteiger partial charge in [-0.15, -0.1) is 0 Å². The molecule has 0 atom stereocenters. The van der Waals surface area contributed by atoms with Crippen molar-refractivity contribution < 1.29 is 17.9 Å². The van der Waals surface area contributed by atoms with Gasteiger partial charge in [-0.05, 0) is 72.5 Å². The molecule has 0 saturated heterocycles. The summed E-state index contributed by atoms with van der Waals surface area (Å²) in [6.07, 6.45) is 1.20. The third-order valence-electron chi connectivity index (χ3n) is 5.31. The number of aryl methyl sites for hydroxylation is 2. The number of carbonyl (C=O) groups excluding carboxylic acids is 1. The van der Waals surface area contributed by atoms with Crippen LogP contribution in [0.4, 0.5) is 5.69 Å². The monoisotopic (exact) mass is 452 g/mol. The molecule has 0 bridgehead atoms. The second kappa shape index (κ2) is 9.87. The van der Waals surface area contributed by atoms with E-state index < -0.39 is 10.0 Å². The van der Waals surface area contributed by atoms with Crippen LogP contribution in [0, 0.1) is 13.8 Å². The van der Waals surface area contributed by atoms with Crippen LogP contribution in [-0.4, -0.2) is 27.7 Å². The maximum atomic E-state index is 12.5. The number of hydrogen-bond acceptors (Lipinski definition) is 4. The Labute approximate surface area is 189 Å². The van der Waals surface area contributed by atoms with E-state index >= 15 is 0 Å². The number of ether oxygens (including phenoxy) is 1. The van der Waals surface area contributed by atoms with Gasteiger partial charge in [0, 0.05) is 12.1 Å². The Hall–Kier alpha value is -3.32. The van der Waals surface area contributed by atoms with E-state index in [2.05, 4.69) is 5.32 Å². The average molecular weight is 453 g/mol. The van der Waals surface area contributed by atoms with Crippen LogP contribution in [0.25, 0.3) is 0 Å². The normalized spacial score (nSPS) is 11.1. The van der Waals surface area contributed by atoms with E-state index in [0.717, 1.165) is 28.0 Å². The molecule has 32 heavy (non-hydrogen) atoms. The number of anilines is 1. The van der Waals surface area contributed by atoms with Crippen molar-refractivity contribution in [1.29, 1.82) is 0 Å². The minimum atomic E-state index is -3.47. The van der Waals surface area contributed by atoms with Gasteiger partial charge in [0.2, 0.25) is 10.0 Å². The lowest BCUT2D eigenvalue weighted by atomic mass is 10.1. The van der Waals surface area contributed by atoms with Gasteiger partial charge in [-0.2, -0.15) is 0 Å². The molecule has 1 N–H and O–H groups in total. The first-order valence-electron chi connectivity index (χ1n) is 10.2. The highest BCUT2D eigenvalue weighted by Gasteiger charge is 2.18. The molecular formula is C25H28N2O4S. The van der Waals surface area contributed by atoms with E-state index in [1.165, 1.54) is 10.6 Å². The Balaban J connectivity index is 1.70.